The van der Waals surface area contributed by atoms with Gasteiger partial charge in [0.05, 0.1) is 6.57 Å². The molecule has 0 aliphatic heterocycles. The summed E-state index contributed by atoms with van der Waals surface area (Å²) in [4.78, 5) is 3.41. The lowest BCUT2D eigenvalue weighted by molar-refractivity contribution is 0.412. The SMILES string of the molecule is [C-]#[N+]c1ccccc1Oc1cc(-n2cccc2)ccc1O. The molecule has 0 saturated heterocycles. The summed E-state index contributed by atoms with van der Waals surface area (Å²) in [5, 5.41) is 9.95. The highest BCUT2D eigenvalue weighted by Gasteiger charge is 2.09. The van der Waals surface area contributed by atoms with Crippen molar-refractivity contribution in [3.63, 3.8) is 0 Å². The summed E-state index contributed by atoms with van der Waals surface area (Å²) in [7, 11) is 0. The lowest BCUT2D eigenvalue weighted by atomic mass is 10.2. The number of aromatic nitrogens is 1. The Labute approximate surface area is 122 Å². The number of phenolic OH excluding ortho intramolecular Hbond substituents is 1. The second-order valence-electron chi connectivity index (χ2n) is 4.42. The van der Waals surface area contributed by atoms with Gasteiger partial charge in [-0.3, -0.25) is 0 Å². The van der Waals surface area contributed by atoms with E-state index in [1.807, 2.05) is 29.1 Å². The van der Waals surface area contributed by atoms with Gasteiger partial charge in [0.2, 0.25) is 5.69 Å². The second kappa shape index (κ2) is 5.43. The smallest absolute Gasteiger partial charge is 0.228 e. The highest BCUT2D eigenvalue weighted by molar-refractivity contribution is 5.60. The molecule has 0 saturated carbocycles. The third-order valence-corrected chi connectivity index (χ3v) is 3.05. The molecule has 0 radical (unpaired) electrons. The third-order valence-electron chi connectivity index (χ3n) is 3.05. The van der Waals surface area contributed by atoms with Crippen LogP contribution in [0, 0.1) is 6.57 Å². The van der Waals surface area contributed by atoms with E-state index < -0.39 is 0 Å². The van der Waals surface area contributed by atoms with Gasteiger partial charge in [0.1, 0.15) is 5.75 Å². The van der Waals surface area contributed by atoms with Crippen LogP contribution in [0.2, 0.25) is 0 Å². The Morgan fingerprint density at radius 2 is 1.71 bits per heavy atom. The van der Waals surface area contributed by atoms with Crippen LogP contribution in [-0.4, -0.2) is 9.67 Å². The molecule has 0 unspecified atom stereocenters. The first-order chi connectivity index (χ1) is 10.3. The molecular weight excluding hydrogens is 264 g/mol. The minimum Gasteiger partial charge on any atom is -0.504 e. The van der Waals surface area contributed by atoms with Crippen molar-refractivity contribution in [2.45, 2.75) is 0 Å². The number of hydrogen-bond donors (Lipinski definition) is 1. The number of phenols is 1. The van der Waals surface area contributed by atoms with Crippen LogP contribution in [0.15, 0.2) is 67.0 Å². The number of benzene rings is 2. The minimum absolute atomic E-state index is 0.0330. The molecule has 1 N–H and O–H groups in total. The average molecular weight is 276 g/mol. The zero-order chi connectivity index (χ0) is 14.7. The topological polar surface area (TPSA) is 38.8 Å². The number of hydrogen-bond acceptors (Lipinski definition) is 2. The Kier molecular flexibility index (Phi) is 3.32. The fraction of sp³-hybridized carbons (Fsp3) is 0. The molecule has 4 nitrogen and oxygen atoms in total. The molecule has 4 heteroatoms. The van der Waals surface area contributed by atoms with Crippen molar-refractivity contribution in [1.82, 2.24) is 4.57 Å². The van der Waals surface area contributed by atoms with Crippen LogP contribution in [0.3, 0.4) is 0 Å². The van der Waals surface area contributed by atoms with E-state index in [9.17, 15) is 5.11 Å². The predicted molar refractivity (Wildman–Crippen MR) is 80.2 cm³/mol. The van der Waals surface area contributed by atoms with Crippen LogP contribution in [0.4, 0.5) is 5.69 Å². The van der Waals surface area contributed by atoms with E-state index in [1.165, 1.54) is 0 Å². The number of nitrogens with zero attached hydrogens (tertiary/aromatic N) is 2. The van der Waals surface area contributed by atoms with Gasteiger partial charge in [0, 0.05) is 24.1 Å². The van der Waals surface area contributed by atoms with Gasteiger partial charge in [0.25, 0.3) is 0 Å². The molecule has 0 spiro atoms. The van der Waals surface area contributed by atoms with E-state index in [2.05, 4.69) is 4.85 Å². The average Bonchev–Trinajstić information content (AvgIpc) is 3.04. The predicted octanol–water partition coefficient (Wildman–Crippen LogP) is 4.53. The lowest BCUT2D eigenvalue weighted by Crippen LogP contribution is -1.91. The van der Waals surface area contributed by atoms with Gasteiger partial charge in [-0.2, -0.15) is 0 Å². The van der Waals surface area contributed by atoms with Gasteiger partial charge in [-0.1, -0.05) is 18.2 Å². The Morgan fingerprint density at radius 3 is 2.48 bits per heavy atom. The standard InChI is InChI=1S/C17H12N2O2/c1-18-14-6-2-3-7-16(14)21-17-12-13(8-9-15(17)20)19-10-4-5-11-19/h2-12,20H. The highest BCUT2D eigenvalue weighted by atomic mass is 16.5. The first-order valence-corrected chi connectivity index (χ1v) is 6.38. The van der Waals surface area contributed by atoms with E-state index in [4.69, 9.17) is 11.3 Å². The molecule has 1 heterocycles. The van der Waals surface area contributed by atoms with Gasteiger partial charge in [-0.25, -0.2) is 4.85 Å². The van der Waals surface area contributed by atoms with Crippen molar-refractivity contribution in [3.05, 3.63) is 78.4 Å². The van der Waals surface area contributed by atoms with E-state index in [0.717, 1.165) is 5.69 Å². The fourth-order valence-corrected chi connectivity index (χ4v) is 2.01. The molecule has 3 rings (SSSR count). The van der Waals surface area contributed by atoms with Crippen LogP contribution >= 0.6 is 0 Å². The van der Waals surface area contributed by atoms with Crippen molar-refractivity contribution >= 4 is 5.69 Å². The maximum Gasteiger partial charge on any atom is 0.228 e. The lowest BCUT2D eigenvalue weighted by Gasteiger charge is -2.11. The van der Waals surface area contributed by atoms with Crippen molar-refractivity contribution in [2.24, 2.45) is 0 Å². The van der Waals surface area contributed by atoms with Crippen LogP contribution in [0.1, 0.15) is 0 Å². The van der Waals surface area contributed by atoms with Gasteiger partial charge in [0.15, 0.2) is 11.5 Å². The molecule has 0 aliphatic rings. The number of rotatable bonds is 3. The maximum absolute atomic E-state index is 9.95. The van der Waals surface area contributed by atoms with Crippen LogP contribution in [0.5, 0.6) is 17.2 Å². The van der Waals surface area contributed by atoms with Gasteiger partial charge in [-0.15, -0.1) is 0 Å². The van der Waals surface area contributed by atoms with Gasteiger partial charge in [-0.05, 0) is 30.3 Å². The number of ether oxygens (including phenoxy) is 1. The van der Waals surface area contributed by atoms with Gasteiger partial charge >= 0.3 is 0 Å². The van der Waals surface area contributed by atoms with Crippen LogP contribution < -0.4 is 4.74 Å². The largest absolute Gasteiger partial charge is 0.504 e. The summed E-state index contributed by atoms with van der Waals surface area (Å²) < 4.78 is 7.60. The molecule has 0 aliphatic carbocycles. The Bertz CT molecular complexity index is 802. The van der Waals surface area contributed by atoms with Crippen LogP contribution in [-0.2, 0) is 0 Å². The molecule has 2 aromatic carbocycles. The van der Waals surface area contributed by atoms with E-state index in [0.29, 0.717) is 17.2 Å². The first kappa shape index (κ1) is 12.8. The molecule has 0 amide bonds. The molecule has 21 heavy (non-hydrogen) atoms. The molecule has 0 atom stereocenters. The maximum atomic E-state index is 9.95. The molecule has 102 valence electrons. The number of para-hydroxylation sites is 2. The third kappa shape index (κ3) is 2.58. The Hall–Kier alpha value is -3.19. The Balaban J connectivity index is 1.99. The van der Waals surface area contributed by atoms with Crippen molar-refractivity contribution in [2.75, 3.05) is 0 Å². The first-order valence-electron chi connectivity index (χ1n) is 6.38. The molecular formula is C17H12N2O2. The summed E-state index contributed by atoms with van der Waals surface area (Å²) >= 11 is 0. The fourth-order valence-electron chi connectivity index (χ4n) is 2.01. The molecule has 1 aromatic heterocycles. The van der Waals surface area contributed by atoms with E-state index in [1.54, 1.807) is 42.5 Å². The number of aromatic hydroxyl groups is 1. The summed E-state index contributed by atoms with van der Waals surface area (Å²) in [5.74, 6) is 0.774. The van der Waals surface area contributed by atoms with Crippen molar-refractivity contribution in [3.8, 4) is 22.9 Å². The molecule has 3 aromatic rings. The van der Waals surface area contributed by atoms with E-state index >= 15 is 0 Å². The van der Waals surface area contributed by atoms with Crippen molar-refractivity contribution in [1.29, 1.82) is 0 Å². The summed E-state index contributed by atoms with van der Waals surface area (Å²) in [5.41, 5.74) is 1.27. The quantitative estimate of drug-likeness (QED) is 0.714. The minimum atomic E-state index is 0.0330. The van der Waals surface area contributed by atoms with Crippen LogP contribution in [0.25, 0.3) is 10.5 Å². The van der Waals surface area contributed by atoms with Gasteiger partial charge < -0.3 is 14.4 Å². The van der Waals surface area contributed by atoms with Crippen molar-refractivity contribution < 1.29 is 9.84 Å². The Morgan fingerprint density at radius 1 is 0.952 bits per heavy atom. The summed E-state index contributed by atoms with van der Waals surface area (Å²) in [6, 6.07) is 15.9. The highest BCUT2D eigenvalue weighted by Crippen LogP contribution is 2.36. The summed E-state index contributed by atoms with van der Waals surface area (Å²) in [6.45, 7) is 7.14. The zero-order valence-electron chi connectivity index (χ0n) is 11.1. The normalized spacial score (nSPS) is 10.0. The molecule has 0 bridgehead atoms. The zero-order valence-corrected chi connectivity index (χ0v) is 11.1. The molecule has 0 fully saturated rings. The second-order valence-corrected chi connectivity index (χ2v) is 4.42. The van der Waals surface area contributed by atoms with E-state index in [-0.39, 0.29) is 5.75 Å². The monoisotopic (exact) mass is 276 g/mol. The summed E-state index contributed by atoms with van der Waals surface area (Å²) in [6.07, 6.45) is 3.81.